The van der Waals surface area contributed by atoms with Crippen molar-refractivity contribution in [3.63, 3.8) is 0 Å². The molecule has 0 radical (unpaired) electrons. The van der Waals surface area contributed by atoms with Gasteiger partial charge >= 0.3 is 0 Å². The van der Waals surface area contributed by atoms with E-state index in [-0.39, 0.29) is 11.3 Å². The van der Waals surface area contributed by atoms with Gasteiger partial charge in [0.1, 0.15) is 6.07 Å². The van der Waals surface area contributed by atoms with Gasteiger partial charge in [0.2, 0.25) is 6.17 Å². The molecule has 1 aromatic rings. The molecule has 0 N–H and O–H groups in total. The number of halogens is 2. The van der Waals surface area contributed by atoms with E-state index in [1.165, 1.54) is 25.3 Å². The van der Waals surface area contributed by atoms with Crippen molar-refractivity contribution in [2.24, 2.45) is 0 Å². The molecule has 0 spiro atoms. The molecule has 68 valence electrons. The Morgan fingerprint density at radius 1 is 1.54 bits per heavy atom. The van der Waals surface area contributed by atoms with Gasteiger partial charge in [-0.15, -0.1) is 0 Å². The van der Waals surface area contributed by atoms with Gasteiger partial charge in [-0.2, -0.15) is 5.26 Å². The summed E-state index contributed by atoms with van der Waals surface area (Å²) in [6.45, 7) is 0. The van der Waals surface area contributed by atoms with Gasteiger partial charge in [-0.1, -0.05) is 6.07 Å². The van der Waals surface area contributed by atoms with Gasteiger partial charge in [0, 0.05) is 5.56 Å². The molecular formula is C9H7F2NO. The number of nitriles is 1. The van der Waals surface area contributed by atoms with Gasteiger partial charge in [-0.3, -0.25) is 0 Å². The van der Waals surface area contributed by atoms with Crippen LogP contribution in [-0.4, -0.2) is 7.11 Å². The molecule has 0 saturated heterocycles. The molecule has 0 heterocycles. The summed E-state index contributed by atoms with van der Waals surface area (Å²) in [5.41, 5.74) is 0.000741. The number of ether oxygens (including phenoxy) is 1. The van der Waals surface area contributed by atoms with Crippen molar-refractivity contribution < 1.29 is 13.5 Å². The third-order valence-corrected chi connectivity index (χ3v) is 1.58. The zero-order valence-corrected chi connectivity index (χ0v) is 6.92. The van der Waals surface area contributed by atoms with Crippen LogP contribution < -0.4 is 4.74 Å². The summed E-state index contributed by atoms with van der Waals surface area (Å²) in [6, 6.07) is 4.92. The van der Waals surface area contributed by atoms with Crippen molar-refractivity contribution in [1.82, 2.24) is 0 Å². The average Bonchev–Trinajstić information content (AvgIpc) is 2.16. The monoisotopic (exact) mass is 183 g/mol. The van der Waals surface area contributed by atoms with Crippen LogP contribution in [0, 0.1) is 17.1 Å². The fourth-order valence-corrected chi connectivity index (χ4v) is 0.915. The Hall–Kier alpha value is -1.63. The Morgan fingerprint density at radius 3 is 2.69 bits per heavy atom. The van der Waals surface area contributed by atoms with Gasteiger partial charge in [0.15, 0.2) is 11.6 Å². The molecule has 0 aliphatic heterocycles. The summed E-state index contributed by atoms with van der Waals surface area (Å²) in [6.07, 6.45) is -1.79. The van der Waals surface area contributed by atoms with Crippen molar-refractivity contribution in [3.8, 4) is 11.8 Å². The zero-order chi connectivity index (χ0) is 9.84. The van der Waals surface area contributed by atoms with Crippen LogP contribution in [0.4, 0.5) is 8.78 Å². The minimum atomic E-state index is -1.79. The molecule has 4 heteroatoms. The Morgan fingerprint density at radius 2 is 2.23 bits per heavy atom. The first-order valence-electron chi connectivity index (χ1n) is 3.56. The van der Waals surface area contributed by atoms with Gasteiger partial charge in [-0.25, -0.2) is 8.78 Å². The lowest BCUT2D eigenvalue weighted by Crippen LogP contribution is -1.92. The molecule has 1 aromatic carbocycles. The van der Waals surface area contributed by atoms with Crippen LogP contribution >= 0.6 is 0 Å². The Bertz CT molecular complexity index is 346. The van der Waals surface area contributed by atoms with Crippen LogP contribution in [0.2, 0.25) is 0 Å². The molecule has 2 nitrogen and oxygen atoms in total. The fourth-order valence-electron chi connectivity index (χ4n) is 0.915. The first kappa shape index (κ1) is 9.46. The summed E-state index contributed by atoms with van der Waals surface area (Å²) < 4.78 is 30.3. The highest BCUT2D eigenvalue weighted by molar-refractivity contribution is 5.32. The maximum absolute atomic E-state index is 12.9. The number of rotatable bonds is 2. The molecule has 0 amide bonds. The highest BCUT2D eigenvalue weighted by atomic mass is 19.1. The van der Waals surface area contributed by atoms with Crippen LogP contribution in [0.15, 0.2) is 18.2 Å². The Balaban J connectivity index is 3.04. The summed E-state index contributed by atoms with van der Waals surface area (Å²) in [5, 5.41) is 8.23. The van der Waals surface area contributed by atoms with Crippen LogP contribution in [-0.2, 0) is 0 Å². The zero-order valence-electron chi connectivity index (χ0n) is 6.92. The van der Waals surface area contributed by atoms with Crippen molar-refractivity contribution in [3.05, 3.63) is 29.6 Å². The topological polar surface area (TPSA) is 33.0 Å². The maximum Gasteiger partial charge on any atom is 0.211 e. The highest BCUT2D eigenvalue weighted by Gasteiger charge is 2.11. The summed E-state index contributed by atoms with van der Waals surface area (Å²) in [7, 11) is 1.31. The average molecular weight is 183 g/mol. The Labute approximate surface area is 74.4 Å². The maximum atomic E-state index is 12.9. The lowest BCUT2D eigenvalue weighted by Gasteiger charge is -2.03. The molecule has 0 aliphatic rings. The van der Waals surface area contributed by atoms with E-state index in [0.717, 1.165) is 6.07 Å². The lowest BCUT2D eigenvalue weighted by molar-refractivity contribution is 0.382. The predicted molar refractivity (Wildman–Crippen MR) is 42.4 cm³/mol. The first-order valence-corrected chi connectivity index (χ1v) is 3.56. The number of alkyl halides is 1. The molecule has 0 aliphatic carbocycles. The second-order valence-electron chi connectivity index (χ2n) is 2.39. The number of hydrogen-bond donors (Lipinski definition) is 0. The molecule has 0 bridgehead atoms. The van der Waals surface area contributed by atoms with E-state index < -0.39 is 12.0 Å². The smallest absolute Gasteiger partial charge is 0.211 e. The van der Waals surface area contributed by atoms with E-state index >= 15 is 0 Å². The van der Waals surface area contributed by atoms with E-state index in [0.29, 0.717) is 0 Å². The molecule has 0 aromatic heterocycles. The van der Waals surface area contributed by atoms with Gasteiger partial charge in [-0.05, 0) is 12.1 Å². The number of benzene rings is 1. The molecule has 1 unspecified atom stereocenters. The van der Waals surface area contributed by atoms with E-state index in [9.17, 15) is 8.78 Å². The van der Waals surface area contributed by atoms with Crippen molar-refractivity contribution in [2.75, 3.05) is 7.11 Å². The quantitative estimate of drug-likeness (QED) is 0.705. The second-order valence-corrected chi connectivity index (χ2v) is 2.39. The van der Waals surface area contributed by atoms with Crippen LogP contribution in [0.5, 0.6) is 5.75 Å². The minimum Gasteiger partial charge on any atom is -0.494 e. The largest absolute Gasteiger partial charge is 0.494 e. The first-order chi connectivity index (χ1) is 6.19. The van der Waals surface area contributed by atoms with Crippen molar-refractivity contribution in [1.29, 1.82) is 5.26 Å². The fraction of sp³-hybridized carbons (Fsp3) is 0.222. The van der Waals surface area contributed by atoms with Crippen LogP contribution in [0.25, 0.3) is 0 Å². The standard InChI is InChI=1S/C9H7F2NO/c1-13-9-3-2-6(4-7(9)10)8(11)5-12/h2-4,8H,1H3. The predicted octanol–water partition coefficient (Wildman–Crippen LogP) is 2.37. The van der Waals surface area contributed by atoms with Crippen LogP contribution in [0.1, 0.15) is 11.7 Å². The molecule has 1 atom stereocenters. The molecular weight excluding hydrogens is 176 g/mol. The van der Waals surface area contributed by atoms with E-state index in [1.54, 1.807) is 0 Å². The number of hydrogen-bond acceptors (Lipinski definition) is 2. The summed E-state index contributed by atoms with van der Waals surface area (Å²) in [5.74, 6) is -0.633. The lowest BCUT2D eigenvalue weighted by atomic mass is 10.1. The van der Waals surface area contributed by atoms with Gasteiger partial charge < -0.3 is 4.74 Å². The van der Waals surface area contributed by atoms with Gasteiger partial charge in [0.05, 0.1) is 7.11 Å². The summed E-state index contributed by atoms with van der Waals surface area (Å²) in [4.78, 5) is 0. The van der Waals surface area contributed by atoms with E-state index in [2.05, 4.69) is 4.74 Å². The van der Waals surface area contributed by atoms with E-state index in [4.69, 9.17) is 5.26 Å². The van der Waals surface area contributed by atoms with Crippen LogP contribution in [0.3, 0.4) is 0 Å². The third kappa shape index (κ3) is 1.94. The molecule has 1 rings (SSSR count). The number of nitrogens with zero attached hydrogens (tertiary/aromatic N) is 1. The van der Waals surface area contributed by atoms with Crippen molar-refractivity contribution >= 4 is 0 Å². The third-order valence-electron chi connectivity index (χ3n) is 1.58. The van der Waals surface area contributed by atoms with Crippen molar-refractivity contribution in [2.45, 2.75) is 6.17 Å². The van der Waals surface area contributed by atoms with E-state index in [1.807, 2.05) is 0 Å². The van der Waals surface area contributed by atoms with Gasteiger partial charge in [0.25, 0.3) is 0 Å². The molecule has 0 fully saturated rings. The highest BCUT2D eigenvalue weighted by Crippen LogP contribution is 2.23. The normalized spacial score (nSPS) is 11.8. The second kappa shape index (κ2) is 3.85. The Kier molecular flexibility index (Phi) is 2.80. The SMILES string of the molecule is COc1ccc(C(F)C#N)cc1F. The summed E-state index contributed by atoms with van der Waals surface area (Å²) >= 11 is 0. The number of methoxy groups -OCH3 is 1. The molecule has 13 heavy (non-hydrogen) atoms. The minimum absolute atomic E-state index is 0.000741. The molecule has 0 saturated carbocycles.